The van der Waals surface area contributed by atoms with E-state index in [0.29, 0.717) is 0 Å². The van der Waals surface area contributed by atoms with Crippen molar-refractivity contribution in [3.8, 4) is 5.75 Å². The molecule has 0 saturated heterocycles. The van der Waals surface area contributed by atoms with Gasteiger partial charge >= 0.3 is 0 Å². The molecule has 1 aromatic heterocycles. The molecule has 158 valence electrons. The van der Waals surface area contributed by atoms with Gasteiger partial charge in [0.25, 0.3) is 0 Å². The zero-order valence-electron chi connectivity index (χ0n) is 18.4. The maximum absolute atomic E-state index is 5.82. The Kier molecular flexibility index (Phi) is 17.1. The van der Waals surface area contributed by atoms with Crippen molar-refractivity contribution in [3.05, 3.63) is 16.3 Å². The van der Waals surface area contributed by atoms with Crippen LogP contribution < -0.4 is 4.74 Å². The standard InChI is InChI=1S/C25H46OS/c1-3-4-5-6-7-8-9-10-11-12-13-14-15-16-17-18-19-20-21-26-25-23-27-22-24(25)2/h22-23H,3-21H2,1-2H3. The molecule has 0 amide bonds. The molecular formula is C25H46OS. The van der Waals surface area contributed by atoms with Crippen LogP contribution >= 0.6 is 11.3 Å². The van der Waals surface area contributed by atoms with Crippen molar-refractivity contribution in [1.29, 1.82) is 0 Å². The fraction of sp³-hybridized carbons (Fsp3) is 0.840. The topological polar surface area (TPSA) is 9.23 Å². The van der Waals surface area contributed by atoms with Gasteiger partial charge in [-0.05, 0) is 18.7 Å². The van der Waals surface area contributed by atoms with E-state index in [2.05, 4.69) is 24.6 Å². The molecule has 0 aliphatic rings. The maximum atomic E-state index is 5.82. The van der Waals surface area contributed by atoms with E-state index in [4.69, 9.17) is 4.74 Å². The van der Waals surface area contributed by atoms with E-state index < -0.39 is 0 Å². The Morgan fingerprint density at radius 2 is 1.00 bits per heavy atom. The van der Waals surface area contributed by atoms with Gasteiger partial charge < -0.3 is 4.74 Å². The Balaban J connectivity index is 1.68. The summed E-state index contributed by atoms with van der Waals surface area (Å²) in [5.41, 5.74) is 1.28. The lowest BCUT2D eigenvalue weighted by atomic mass is 10.0. The predicted octanol–water partition coefficient (Wildman–Crippen LogP) is 9.48. The molecule has 0 atom stereocenters. The summed E-state index contributed by atoms with van der Waals surface area (Å²) in [6.45, 7) is 5.31. The maximum Gasteiger partial charge on any atom is 0.132 e. The van der Waals surface area contributed by atoms with Crippen LogP contribution in [-0.2, 0) is 0 Å². The van der Waals surface area contributed by atoms with Crippen molar-refractivity contribution in [3.63, 3.8) is 0 Å². The molecule has 2 heteroatoms. The second-order valence-electron chi connectivity index (χ2n) is 8.28. The van der Waals surface area contributed by atoms with Crippen LogP contribution in [0.1, 0.15) is 128 Å². The fourth-order valence-corrected chi connectivity index (χ4v) is 4.45. The van der Waals surface area contributed by atoms with Crippen LogP contribution in [0.2, 0.25) is 0 Å². The number of hydrogen-bond donors (Lipinski definition) is 0. The summed E-state index contributed by atoms with van der Waals surface area (Å²) in [4.78, 5) is 0. The minimum absolute atomic E-state index is 0.885. The fourth-order valence-electron chi connectivity index (χ4n) is 3.68. The van der Waals surface area contributed by atoms with E-state index in [0.717, 1.165) is 12.4 Å². The Morgan fingerprint density at radius 3 is 1.37 bits per heavy atom. The third-order valence-corrected chi connectivity index (χ3v) is 6.40. The molecule has 0 unspecified atom stereocenters. The SMILES string of the molecule is CCCCCCCCCCCCCCCCCCCCOc1cscc1C. The van der Waals surface area contributed by atoms with Gasteiger partial charge in [0.05, 0.1) is 6.61 Å². The summed E-state index contributed by atoms with van der Waals surface area (Å²) in [5.74, 6) is 1.09. The lowest BCUT2D eigenvalue weighted by Gasteiger charge is -2.05. The van der Waals surface area contributed by atoms with Crippen molar-refractivity contribution in [2.75, 3.05) is 6.61 Å². The third kappa shape index (κ3) is 15.1. The van der Waals surface area contributed by atoms with E-state index in [1.807, 2.05) is 0 Å². The van der Waals surface area contributed by atoms with Gasteiger partial charge in [-0.25, -0.2) is 0 Å². The minimum Gasteiger partial charge on any atom is -0.492 e. The van der Waals surface area contributed by atoms with Gasteiger partial charge in [-0.15, -0.1) is 11.3 Å². The average Bonchev–Trinajstić information content (AvgIpc) is 3.08. The normalized spacial score (nSPS) is 11.2. The molecule has 1 nitrogen and oxygen atoms in total. The second kappa shape index (κ2) is 18.8. The van der Waals surface area contributed by atoms with Gasteiger partial charge in [0.15, 0.2) is 0 Å². The Labute approximate surface area is 174 Å². The number of unbranched alkanes of at least 4 members (excludes halogenated alkanes) is 17. The predicted molar refractivity (Wildman–Crippen MR) is 123 cm³/mol. The molecule has 1 aromatic rings. The molecule has 0 N–H and O–H groups in total. The van der Waals surface area contributed by atoms with Gasteiger partial charge in [-0.2, -0.15) is 0 Å². The first-order chi connectivity index (χ1) is 13.3. The molecule has 0 fully saturated rings. The highest BCUT2D eigenvalue weighted by molar-refractivity contribution is 7.08. The molecule has 0 bridgehead atoms. The lowest BCUT2D eigenvalue weighted by molar-refractivity contribution is 0.303. The summed E-state index contributed by atoms with van der Waals surface area (Å²) in [7, 11) is 0. The number of hydrogen-bond acceptors (Lipinski definition) is 2. The van der Waals surface area contributed by atoms with Gasteiger partial charge in [0, 0.05) is 10.9 Å². The third-order valence-electron chi connectivity index (χ3n) is 5.56. The van der Waals surface area contributed by atoms with Crippen molar-refractivity contribution >= 4 is 11.3 Å². The first-order valence-corrected chi connectivity index (χ1v) is 12.9. The molecule has 0 saturated carbocycles. The van der Waals surface area contributed by atoms with Crippen LogP contribution in [-0.4, -0.2) is 6.61 Å². The Hall–Kier alpha value is -0.500. The van der Waals surface area contributed by atoms with Crippen LogP contribution in [0.15, 0.2) is 10.8 Å². The summed E-state index contributed by atoms with van der Waals surface area (Å²) in [6.07, 6.45) is 25.7. The van der Waals surface area contributed by atoms with E-state index in [1.54, 1.807) is 11.3 Å². The van der Waals surface area contributed by atoms with Crippen molar-refractivity contribution in [2.24, 2.45) is 0 Å². The molecule has 1 heterocycles. The van der Waals surface area contributed by atoms with E-state index >= 15 is 0 Å². The highest BCUT2D eigenvalue weighted by Gasteiger charge is 1.99. The van der Waals surface area contributed by atoms with Crippen molar-refractivity contribution in [2.45, 2.75) is 129 Å². The van der Waals surface area contributed by atoms with Gasteiger partial charge in [-0.1, -0.05) is 116 Å². The molecule has 0 aliphatic heterocycles. The van der Waals surface area contributed by atoms with E-state index in [1.165, 1.54) is 121 Å². The Bertz CT molecular complexity index is 412. The summed E-state index contributed by atoms with van der Waals surface area (Å²) < 4.78 is 5.82. The van der Waals surface area contributed by atoms with E-state index in [9.17, 15) is 0 Å². The van der Waals surface area contributed by atoms with Gasteiger partial charge in [0.2, 0.25) is 0 Å². The van der Waals surface area contributed by atoms with Crippen LogP contribution in [0.4, 0.5) is 0 Å². The molecule has 27 heavy (non-hydrogen) atoms. The number of aryl methyl sites for hydroxylation is 1. The van der Waals surface area contributed by atoms with Crippen LogP contribution in [0, 0.1) is 6.92 Å². The Morgan fingerprint density at radius 1 is 0.593 bits per heavy atom. The largest absolute Gasteiger partial charge is 0.492 e. The highest BCUT2D eigenvalue weighted by atomic mass is 32.1. The molecule has 0 spiro atoms. The zero-order chi connectivity index (χ0) is 19.4. The monoisotopic (exact) mass is 394 g/mol. The first kappa shape index (κ1) is 24.5. The summed E-state index contributed by atoms with van der Waals surface area (Å²) in [6, 6.07) is 0. The zero-order valence-corrected chi connectivity index (χ0v) is 19.2. The molecule has 0 radical (unpaired) electrons. The van der Waals surface area contributed by atoms with Gasteiger partial charge in [0.1, 0.15) is 5.75 Å². The number of rotatable bonds is 20. The number of ether oxygens (including phenoxy) is 1. The molecule has 0 aromatic carbocycles. The molecule has 0 aliphatic carbocycles. The van der Waals surface area contributed by atoms with E-state index in [-0.39, 0.29) is 0 Å². The van der Waals surface area contributed by atoms with Crippen LogP contribution in [0.25, 0.3) is 0 Å². The van der Waals surface area contributed by atoms with Crippen LogP contribution in [0.5, 0.6) is 5.75 Å². The smallest absolute Gasteiger partial charge is 0.132 e. The average molecular weight is 395 g/mol. The molecular weight excluding hydrogens is 348 g/mol. The second-order valence-corrected chi connectivity index (χ2v) is 9.02. The number of thiophene rings is 1. The quantitative estimate of drug-likeness (QED) is 0.200. The summed E-state index contributed by atoms with van der Waals surface area (Å²) in [5, 5.41) is 4.27. The van der Waals surface area contributed by atoms with Gasteiger partial charge in [-0.3, -0.25) is 0 Å². The van der Waals surface area contributed by atoms with Crippen molar-refractivity contribution in [1.82, 2.24) is 0 Å². The lowest BCUT2D eigenvalue weighted by Crippen LogP contribution is -1.97. The minimum atomic E-state index is 0.885. The van der Waals surface area contributed by atoms with Crippen LogP contribution in [0.3, 0.4) is 0 Å². The van der Waals surface area contributed by atoms with Crippen molar-refractivity contribution < 1.29 is 4.74 Å². The molecule has 1 rings (SSSR count). The summed E-state index contributed by atoms with van der Waals surface area (Å²) >= 11 is 1.73. The first-order valence-electron chi connectivity index (χ1n) is 12.0. The highest BCUT2D eigenvalue weighted by Crippen LogP contribution is 2.22.